The van der Waals surface area contributed by atoms with Crippen molar-refractivity contribution in [1.82, 2.24) is 0 Å². The van der Waals surface area contributed by atoms with Crippen molar-refractivity contribution < 1.29 is 9.59 Å². The highest BCUT2D eigenvalue weighted by Gasteiger charge is 2.08. The number of rotatable bonds is 5. The van der Waals surface area contributed by atoms with E-state index in [-0.39, 0.29) is 0 Å². The van der Waals surface area contributed by atoms with Crippen molar-refractivity contribution in [3.05, 3.63) is 95.1 Å². The number of nitrogens with two attached hydrogens (primary N) is 1. The van der Waals surface area contributed by atoms with Gasteiger partial charge >= 0.3 is 0 Å². The first-order valence-corrected chi connectivity index (χ1v) is 7.69. The Labute approximate surface area is 140 Å². The quantitative estimate of drug-likeness (QED) is 0.727. The standard InChI is InChI=1S/C21H17NO2/c22-21(24)20-7-2-1-5-19(20)13-16-4-3-6-18(12-16)17-10-8-15(14-23)9-11-17/h1-12,14H,13H2,(H2,22,24). The van der Waals surface area contributed by atoms with E-state index in [1.807, 2.05) is 48.5 Å². The van der Waals surface area contributed by atoms with E-state index in [0.717, 1.165) is 28.5 Å². The van der Waals surface area contributed by atoms with Crippen LogP contribution >= 0.6 is 0 Å². The van der Waals surface area contributed by atoms with E-state index in [1.165, 1.54) is 0 Å². The van der Waals surface area contributed by atoms with Gasteiger partial charge in [-0.25, -0.2) is 0 Å². The van der Waals surface area contributed by atoms with Crippen molar-refractivity contribution in [3.63, 3.8) is 0 Å². The molecular weight excluding hydrogens is 298 g/mol. The fourth-order valence-electron chi connectivity index (χ4n) is 2.75. The topological polar surface area (TPSA) is 60.2 Å². The van der Waals surface area contributed by atoms with Gasteiger partial charge in [0, 0.05) is 11.1 Å². The second-order valence-corrected chi connectivity index (χ2v) is 5.64. The molecule has 0 unspecified atom stereocenters. The van der Waals surface area contributed by atoms with Crippen molar-refractivity contribution in [2.45, 2.75) is 6.42 Å². The molecule has 0 spiro atoms. The number of hydrogen-bond acceptors (Lipinski definition) is 2. The summed E-state index contributed by atoms with van der Waals surface area (Å²) in [6.07, 6.45) is 1.47. The van der Waals surface area contributed by atoms with Gasteiger partial charge in [0.05, 0.1) is 0 Å². The van der Waals surface area contributed by atoms with Gasteiger partial charge in [-0.15, -0.1) is 0 Å². The minimum atomic E-state index is -0.411. The predicted molar refractivity (Wildman–Crippen MR) is 95.0 cm³/mol. The van der Waals surface area contributed by atoms with Crippen LogP contribution in [0.5, 0.6) is 0 Å². The third-order valence-corrected chi connectivity index (χ3v) is 3.98. The molecule has 0 fully saturated rings. The third kappa shape index (κ3) is 3.41. The lowest BCUT2D eigenvalue weighted by Gasteiger charge is -2.09. The third-order valence-electron chi connectivity index (χ3n) is 3.98. The van der Waals surface area contributed by atoms with E-state index < -0.39 is 5.91 Å². The minimum Gasteiger partial charge on any atom is -0.366 e. The van der Waals surface area contributed by atoms with Crippen LogP contribution in [0.1, 0.15) is 31.8 Å². The van der Waals surface area contributed by atoms with Gasteiger partial charge in [-0.3, -0.25) is 9.59 Å². The number of benzene rings is 3. The second kappa shape index (κ2) is 6.92. The summed E-state index contributed by atoms with van der Waals surface area (Å²) in [7, 11) is 0. The molecule has 0 saturated carbocycles. The fourth-order valence-corrected chi connectivity index (χ4v) is 2.75. The number of amides is 1. The van der Waals surface area contributed by atoms with E-state index in [1.54, 1.807) is 18.2 Å². The van der Waals surface area contributed by atoms with Gasteiger partial charge in [-0.1, -0.05) is 66.7 Å². The maximum absolute atomic E-state index is 11.6. The Hall–Kier alpha value is -3.20. The van der Waals surface area contributed by atoms with Gasteiger partial charge < -0.3 is 5.73 Å². The summed E-state index contributed by atoms with van der Waals surface area (Å²) in [6.45, 7) is 0. The van der Waals surface area contributed by atoms with Crippen molar-refractivity contribution in [2.75, 3.05) is 0 Å². The molecule has 3 nitrogen and oxygen atoms in total. The van der Waals surface area contributed by atoms with E-state index in [0.29, 0.717) is 17.5 Å². The fraction of sp³-hybridized carbons (Fsp3) is 0.0476. The van der Waals surface area contributed by atoms with E-state index in [4.69, 9.17) is 5.73 Å². The molecule has 3 rings (SSSR count). The second-order valence-electron chi connectivity index (χ2n) is 5.64. The maximum atomic E-state index is 11.6. The van der Waals surface area contributed by atoms with Crippen molar-refractivity contribution in [1.29, 1.82) is 0 Å². The number of carbonyl (C=O) groups excluding carboxylic acids is 2. The van der Waals surface area contributed by atoms with Gasteiger partial charge in [0.25, 0.3) is 0 Å². The molecule has 0 aliphatic rings. The molecule has 0 saturated heterocycles. The van der Waals surface area contributed by atoms with Gasteiger partial charge in [0.2, 0.25) is 5.91 Å². The summed E-state index contributed by atoms with van der Waals surface area (Å²) in [4.78, 5) is 22.3. The van der Waals surface area contributed by atoms with Gasteiger partial charge in [-0.2, -0.15) is 0 Å². The highest BCUT2D eigenvalue weighted by molar-refractivity contribution is 5.94. The smallest absolute Gasteiger partial charge is 0.248 e. The molecule has 118 valence electrons. The Balaban J connectivity index is 1.91. The Bertz CT molecular complexity index is 882. The number of hydrogen-bond donors (Lipinski definition) is 1. The lowest BCUT2D eigenvalue weighted by atomic mass is 9.96. The van der Waals surface area contributed by atoms with Gasteiger partial charge in [-0.05, 0) is 34.7 Å². The van der Waals surface area contributed by atoms with Crippen LogP contribution in [0.25, 0.3) is 11.1 Å². The Kier molecular flexibility index (Phi) is 4.52. The lowest BCUT2D eigenvalue weighted by Crippen LogP contribution is -2.13. The van der Waals surface area contributed by atoms with Crippen LogP contribution in [0, 0.1) is 0 Å². The average molecular weight is 315 g/mol. The van der Waals surface area contributed by atoms with Crippen molar-refractivity contribution in [3.8, 4) is 11.1 Å². The van der Waals surface area contributed by atoms with Crippen LogP contribution in [-0.4, -0.2) is 12.2 Å². The van der Waals surface area contributed by atoms with Crippen LogP contribution in [0.3, 0.4) is 0 Å². The Morgan fingerprint density at radius 2 is 1.62 bits per heavy atom. The largest absolute Gasteiger partial charge is 0.366 e. The van der Waals surface area contributed by atoms with Gasteiger partial charge in [0.1, 0.15) is 6.29 Å². The Morgan fingerprint density at radius 3 is 2.33 bits per heavy atom. The highest BCUT2D eigenvalue weighted by Crippen LogP contribution is 2.23. The lowest BCUT2D eigenvalue weighted by molar-refractivity contribution is 0.0999. The van der Waals surface area contributed by atoms with Gasteiger partial charge in [0.15, 0.2) is 0 Å². The molecule has 0 aliphatic carbocycles. The molecule has 1 amide bonds. The van der Waals surface area contributed by atoms with Crippen LogP contribution in [-0.2, 0) is 6.42 Å². The highest BCUT2D eigenvalue weighted by atomic mass is 16.1. The molecule has 0 atom stereocenters. The predicted octanol–water partition coefficient (Wildman–Crippen LogP) is 3.86. The summed E-state index contributed by atoms with van der Waals surface area (Å²) in [5, 5.41) is 0. The summed E-state index contributed by atoms with van der Waals surface area (Å²) >= 11 is 0. The van der Waals surface area contributed by atoms with E-state index >= 15 is 0 Å². The van der Waals surface area contributed by atoms with Crippen LogP contribution in [0.4, 0.5) is 0 Å². The number of carbonyl (C=O) groups is 2. The normalized spacial score (nSPS) is 10.3. The summed E-state index contributed by atoms with van der Waals surface area (Å²) in [5.74, 6) is -0.411. The zero-order chi connectivity index (χ0) is 16.9. The SMILES string of the molecule is NC(=O)c1ccccc1Cc1cccc(-c2ccc(C=O)cc2)c1. The molecule has 0 aromatic heterocycles. The number of aldehydes is 1. The van der Waals surface area contributed by atoms with Crippen LogP contribution in [0.15, 0.2) is 72.8 Å². The van der Waals surface area contributed by atoms with Crippen LogP contribution < -0.4 is 5.73 Å². The first-order chi connectivity index (χ1) is 11.7. The molecule has 3 heteroatoms. The first-order valence-electron chi connectivity index (χ1n) is 7.69. The molecule has 0 heterocycles. The average Bonchev–Trinajstić information content (AvgIpc) is 2.62. The maximum Gasteiger partial charge on any atom is 0.248 e. The number of primary amides is 1. The first kappa shape index (κ1) is 15.7. The molecule has 0 bridgehead atoms. The summed E-state index contributed by atoms with van der Waals surface area (Å²) in [5.41, 5.74) is 10.8. The Morgan fingerprint density at radius 1 is 0.875 bits per heavy atom. The summed E-state index contributed by atoms with van der Waals surface area (Å²) in [6, 6.07) is 23.0. The molecule has 3 aromatic rings. The molecule has 0 radical (unpaired) electrons. The monoisotopic (exact) mass is 315 g/mol. The molecule has 3 aromatic carbocycles. The molecule has 2 N–H and O–H groups in total. The zero-order valence-corrected chi connectivity index (χ0v) is 13.1. The molecule has 0 aliphatic heterocycles. The van der Waals surface area contributed by atoms with E-state index in [9.17, 15) is 9.59 Å². The van der Waals surface area contributed by atoms with Crippen LogP contribution in [0.2, 0.25) is 0 Å². The van der Waals surface area contributed by atoms with E-state index in [2.05, 4.69) is 6.07 Å². The molecule has 24 heavy (non-hydrogen) atoms. The summed E-state index contributed by atoms with van der Waals surface area (Å²) < 4.78 is 0. The zero-order valence-electron chi connectivity index (χ0n) is 13.1. The minimum absolute atomic E-state index is 0.411. The van der Waals surface area contributed by atoms with Crippen molar-refractivity contribution >= 4 is 12.2 Å². The van der Waals surface area contributed by atoms with Crippen molar-refractivity contribution in [2.24, 2.45) is 5.73 Å². The molecular formula is C21H17NO2.